The van der Waals surface area contributed by atoms with E-state index in [0.717, 1.165) is 0 Å². The van der Waals surface area contributed by atoms with Crippen LogP contribution < -0.4 is 5.32 Å². The maximum atomic E-state index is 10.9. The molecule has 0 aromatic carbocycles. The number of carbonyl (C=O) groups is 3. The molecule has 0 aliphatic carbocycles. The lowest BCUT2D eigenvalue weighted by Crippen LogP contribution is -2.32. The first-order chi connectivity index (χ1) is 6.41. The number of ketones is 1. The van der Waals surface area contributed by atoms with Gasteiger partial charge in [-0.05, 0) is 6.92 Å². The number of nitrogens with one attached hydrogen (secondary N) is 1. The minimum atomic E-state index is -0.959. The van der Waals surface area contributed by atoms with Crippen LogP contribution in [0.2, 0.25) is 0 Å². The van der Waals surface area contributed by atoms with Gasteiger partial charge < -0.3 is 14.8 Å². The summed E-state index contributed by atoms with van der Waals surface area (Å²) < 4.78 is 9.09. The third-order valence-electron chi connectivity index (χ3n) is 1.09. The molecule has 80 valence electrons. The van der Waals surface area contributed by atoms with Gasteiger partial charge in [0, 0.05) is 13.8 Å². The van der Waals surface area contributed by atoms with Crippen molar-refractivity contribution >= 4 is 17.8 Å². The van der Waals surface area contributed by atoms with E-state index >= 15 is 0 Å². The second-order valence-corrected chi connectivity index (χ2v) is 2.64. The molecule has 0 bridgehead atoms. The SMILES string of the molecule is CC(=O)CNC(=O)OC(C)OC(C)=O. The molecule has 1 amide bonds. The van der Waals surface area contributed by atoms with Crippen molar-refractivity contribution in [3.8, 4) is 0 Å². The average molecular weight is 203 g/mol. The largest absolute Gasteiger partial charge is 0.426 e. The molecule has 0 heterocycles. The van der Waals surface area contributed by atoms with E-state index in [2.05, 4.69) is 14.8 Å². The maximum Gasteiger partial charge on any atom is 0.410 e. The lowest BCUT2D eigenvalue weighted by atomic mass is 10.4. The Balaban J connectivity index is 3.71. The first-order valence-corrected chi connectivity index (χ1v) is 4.03. The number of alkyl carbamates (subject to hydrolysis) is 1. The molecule has 0 radical (unpaired) electrons. The molecule has 6 nitrogen and oxygen atoms in total. The van der Waals surface area contributed by atoms with Crippen molar-refractivity contribution in [1.82, 2.24) is 5.32 Å². The van der Waals surface area contributed by atoms with E-state index in [4.69, 9.17) is 0 Å². The molecule has 0 spiro atoms. The van der Waals surface area contributed by atoms with E-state index in [9.17, 15) is 14.4 Å². The quantitative estimate of drug-likeness (QED) is 0.521. The molecule has 1 N–H and O–H groups in total. The second kappa shape index (κ2) is 5.95. The summed E-state index contributed by atoms with van der Waals surface area (Å²) in [5.41, 5.74) is 0. The summed E-state index contributed by atoms with van der Waals surface area (Å²) in [4.78, 5) is 31.7. The van der Waals surface area contributed by atoms with E-state index in [0.29, 0.717) is 0 Å². The van der Waals surface area contributed by atoms with Gasteiger partial charge in [0.05, 0.1) is 6.54 Å². The van der Waals surface area contributed by atoms with Crippen LogP contribution in [0.4, 0.5) is 4.79 Å². The van der Waals surface area contributed by atoms with Gasteiger partial charge in [-0.1, -0.05) is 0 Å². The molecular weight excluding hydrogens is 190 g/mol. The molecule has 0 fully saturated rings. The summed E-state index contributed by atoms with van der Waals surface area (Å²) >= 11 is 0. The molecule has 0 aromatic rings. The second-order valence-electron chi connectivity index (χ2n) is 2.64. The van der Waals surface area contributed by atoms with E-state index < -0.39 is 18.4 Å². The maximum absolute atomic E-state index is 10.9. The Morgan fingerprint density at radius 3 is 2.21 bits per heavy atom. The third-order valence-corrected chi connectivity index (χ3v) is 1.09. The van der Waals surface area contributed by atoms with Gasteiger partial charge in [0.2, 0.25) is 6.29 Å². The van der Waals surface area contributed by atoms with Gasteiger partial charge in [-0.15, -0.1) is 0 Å². The Hall–Kier alpha value is -1.59. The molecule has 0 saturated heterocycles. The van der Waals surface area contributed by atoms with Crippen molar-refractivity contribution in [2.24, 2.45) is 0 Å². The predicted octanol–water partition coefficient (Wildman–Crippen LogP) is 0.211. The Labute approximate surface area is 81.6 Å². The minimum absolute atomic E-state index is 0.106. The fourth-order valence-corrected chi connectivity index (χ4v) is 0.647. The normalized spacial score (nSPS) is 11.4. The fourth-order valence-electron chi connectivity index (χ4n) is 0.647. The standard InChI is InChI=1S/C8H13NO5/c1-5(10)4-9-8(12)14-7(3)13-6(2)11/h7H,4H2,1-3H3,(H,9,12). The highest BCUT2D eigenvalue weighted by atomic mass is 16.7. The van der Waals surface area contributed by atoms with E-state index in [1.807, 2.05) is 0 Å². The Morgan fingerprint density at radius 1 is 1.21 bits per heavy atom. The van der Waals surface area contributed by atoms with Gasteiger partial charge in [0.15, 0.2) is 0 Å². The number of amides is 1. The number of hydrogen-bond donors (Lipinski definition) is 1. The number of hydrogen-bond acceptors (Lipinski definition) is 5. The van der Waals surface area contributed by atoms with Gasteiger partial charge in [-0.3, -0.25) is 9.59 Å². The molecule has 0 aromatic heterocycles. The van der Waals surface area contributed by atoms with Crippen LogP contribution >= 0.6 is 0 Å². The van der Waals surface area contributed by atoms with Crippen LogP contribution in [0.15, 0.2) is 0 Å². The number of carbonyl (C=O) groups excluding carboxylic acids is 3. The van der Waals surface area contributed by atoms with Crippen molar-refractivity contribution in [3.05, 3.63) is 0 Å². The molecule has 0 aliphatic rings. The van der Waals surface area contributed by atoms with Gasteiger partial charge in [0.25, 0.3) is 0 Å². The van der Waals surface area contributed by atoms with Crippen LogP contribution in [0.5, 0.6) is 0 Å². The van der Waals surface area contributed by atoms with Crippen LogP contribution in [-0.2, 0) is 19.1 Å². The minimum Gasteiger partial charge on any atom is -0.426 e. The number of Topliss-reactive ketones (excluding diaryl/α,β-unsaturated/α-hetero) is 1. The number of ether oxygens (including phenoxy) is 2. The van der Waals surface area contributed by atoms with Crippen molar-refractivity contribution in [3.63, 3.8) is 0 Å². The molecule has 6 heteroatoms. The van der Waals surface area contributed by atoms with Crippen molar-refractivity contribution in [2.75, 3.05) is 6.54 Å². The van der Waals surface area contributed by atoms with Crippen LogP contribution in [0, 0.1) is 0 Å². The highest BCUT2D eigenvalue weighted by molar-refractivity contribution is 5.81. The van der Waals surface area contributed by atoms with E-state index in [-0.39, 0.29) is 12.3 Å². The van der Waals surface area contributed by atoms with Crippen LogP contribution in [0.1, 0.15) is 20.8 Å². The zero-order chi connectivity index (χ0) is 11.1. The van der Waals surface area contributed by atoms with Crippen LogP contribution in [0.3, 0.4) is 0 Å². The first-order valence-electron chi connectivity index (χ1n) is 4.03. The zero-order valence-electron chi connectivity index (χ0n) is 8.33. The highest BCUT2D eigenvalue weighted by Crippen LogP contribution is 1.94. The molecule has 1 atom stereocenters. The molecule has 0 rings (SSSR count). The molecule has 1 unspecified atom stereocenters. The third kappa shape index (κ3) is 7.08. The Kier molecular flexibility index (Phi) is 5.28. The smallest absolute Gasteiger partial charge is 0.410 e. The first kappa shape index (κ1) is 12.4. The summed E-state index contributed by atoms with van der Waals surface area (Å²) in [6.45, 7) is 3.82. The molecule has 14 heavy (non-hydrogen) atoms. The van der Waals surface area contributed by atoms with Gasteiger partial charge >= 0.3 is 12.1 Å². The summed E-state index contributed by atoms with van der Waals surface area (Å²) in [5.74, 6) is -0.737. The van der Waals surface area contributed by atoms with E-state index in [1.165, 1.54) is 20.8 Å². The zero-order valence-corrected chi connectivity index (χ0v) is 8.33. The van der Waals surface area contributed by atoms with Gasteiger partial charge in [-0.25, -0.2) is 4.79 Å². The van der Waals surface area contributed by atoms with Crippen LogP contribution in [-0.4, -0.2) is 30.7 Å². The summed E-state index contributed by atoms with van der Waals surface area (Å²) in [6, 6.07) is 0. The Bertz CT molecular complexity index is 238. The molecule has 0 saturated carbocycles. The average Bonchev–Trinajstić information content (AvgIpc) is 1.98. The molecular formula is C8H13NO5. The van der Waals surface area contributed by atoms with Crippen molar-refractivity contribution < 1.29 is 23.9 Å². The van der Waals surface area contributed by atoms with Crippen molar-refractivity contribution in [2.45, 2.75) is 27.1 Å². The number of rotatable bonds is 4. The van der Waals surface area contributed by atoms with Crippen LogP contribution in [0.25, 0.3) is 0 Å². The summed E-state index contributed by atoms with van der Waals surface area (Å²) in [6.07, 6.45) is -1.76. The monoisotopic (exact) mass is 203 g/mol. The predicted molar refractivity (Wildman–Crippen MR) is 46.4 cm³/mol. The van der Waals surface area contributed by atoms with Gasteiger partial charge in [-0.2, -0.15) is 0 Å². The van der Waals surface area contributed by atoms with Crippen molar-refractivity contribution in [1.29, 1.82) is 0 Å². The van der Waals surface area contributed by atoms with Gasteiger partial charge in [0.1, 0.15) is 5.78 Å². The highest BCUT2D eigenvalue weighted by Gasteiger charge is 2.11. The summed E-state index contributed by atoms with van der Waals surface area (Å²) in [5, 5.41) is 2.18. The lowest BCUT2D eigenvalue weighted by Gasteiger charge is -2.12. The summed E-state index contributed by atoms with van der Waals surface area (Å²) in [7, 11) is 0. The Morgan fingerprint density at radius 2 is 1.79 bits per heavy atom. The fraction of sp³-hybridized carbons (Fsp3) is 0.625. The molecule has 0 aliphatic heterocycles. The van der Waals surface area contributed by atoms with E-state index in [1.54, 1.807) is 0 Å². The topological polar surface area (TPSA) is 81.7 Å². The number of esters is 1. The lowest BCUT2D eigenvalue weighted by molar-refractivity contribution is -0.162.